The fourth-order valence-electron chi connectivity index (χ4n) is 0.920. The van der Waals surface area contributed by atoms with Crippen molar-refractivity contribution in [1.82, 2.24) is 10.9 Å². The lowest BCUT2D eigenvalue weighted by molar-refractivity contribution is 0.765. The van der Waals surface area contributed by atoms with Gasteiger partial charge >= 0.3 is 0 Å². The highest BCUT2D eigenvalue weighted by Gasteiger charge is 1.94. The van der Waals surface area contributed by atoms with Crippen LogP contribution in [0.4, 0.5) is 5.69 Å². The van der Waals surface area contributed by atoms with Crippen LogP contribution >= 0.6 is 0 Å². The molecule has 4 nitrogen and oxygen atoms in total. The summed E-state index contributed by atoms with van der Waals surface area (Å²) in [5, 5.41) is 3.11. The molecule has 1 aromatic carbocycles. The topological polar surface area (TPSA) is 48.5 Å². The fourth-order valence-corrected chi connectivity index (χ4v) is 0.920. The number of rotatable bonds is 2. The highest BCUT2D eigenvalue weighted by Crippen LogP contribution is 2.03. The van der Waals surface area contributed by atoms with Gasteiger partial charge in [-0.15, -0.1) is 0 Å². The van der Waals surface area contributed by atoms with Crippen LogP contribution in [0.2, 0.25) is 0 Å². The molecule has 0 fully saturated rings. The summed E-state index contributed by atoms with van der Waals surface area (Å²) in [6.45, 7) is 0. The summed E-state index contributed by atoms with van der Waals surface area (Å²) in [7, 11) is 3.51. The second-order valence-corrected chi connectivity index (χ2v) is 2.44. The SMILES string of the molecule is CN=C(NNC)Nc1ccccc1. The van der Waals surface area contributed by atoms with Gasteiger partial charge in [-0.2, -0.15) is 0 Å². The van der Waals surface area contributed by atoms with Gasteiger partial charge < -0.3 is 5.32 Å². The van der Waals surface area contributed by atoms with Crippen LogP contribution in [0, 0.1) is 0 Å². The van der Waals surface area contributed by atoms with E-state index in [1.165, 1.54) is 0 Å². The zero-order valence-corrected chi connectivity index (χ0v) is 7.83. The molecular weight excluding hydrogens is 164 g/mol. The van der Waals surface area contributed by atoms with Crippen molar-refractivity contribution < 1.29 is 0 Å². The van der Waals surface area contributed by atoms with Crippen molar-refractivity contribution in [1.29, 1.82) is 0 Å². The molecular formula is C9H14N4. The summed E-state index contributed by atoms with van der Waals surface area (Å²) in [5.41, 5.74) is 6.67. The third-order valence-corrected chi connectivity index (χ3v) is 1.50. The van der Waals surface area contributed by atoms with Crippen molar-refractivity contribution >= 4 is 11.6 Å². The lowest BCUT2D eigenvalue weighted by atomic mass is 10.3. The Balaban J connectivity index is 2.58. The monoisotopic (exact) mass is 178 g/mol. The first kappa shape index (κ1) is 9.54. The summed E-state index contributed by atoms with van der Waals surface area (Å²) in [6, 6.07) is 9.86. The van der Waals surface area contributed by atoms with Gasteiger partial charge in [0.1, 0.15) is 0 Å². The first-order chi connectivity index (χ1) is 6.36. The van der Waals surface area contributed by atoms with Crippen molar-refractivity contribution in [3.05, 3.63) is 30.3 Å². The third-order valence-electron chi connectivity index (χ3n) is 1.50. The van der Waals surface area contributed by atoms with Crippen LogP contribution in [0.3, 0.4) is 0 Å². The first-order valence-corrected chi connectivity index (χ1v) is 4.08. The van der Waals surface area contributed by atoms with Crippen molar-refractivity contribution in [3.8, 4) is 0 Å². The van der Waals surface area contributed by atoms with E-state index in [2.05, 4.69) is 21.2 Å². The van der Waals surface area contributed by atoms with Crippen molar-refractivity contribution in [2.45, 2.75) is 0 Å². The third kappa shape index (κ3) is 3.13. The lowest BCUT2D eigenvalue weighted by Gasteiger charge is -2.09. The van der Waals surface area contributed by atoms with E-state index in [1.807, 2.05) is 30.3 Å². The molecule has 3 N–H and O–H groups in total. The van der Waals surface area contributed by atoms with E-state index >= 15 is 0 Å². The molecule has 70 valence electrons. The Kier molecular flexibility index (Phi) is 3.78. The van der Waals surface area contributed by atoms with Crippen LogP contribution in [-0.2, 0) is 0 Å². The van der Waals surface area contributed by atoms with E-state index in [0.717, 1.165) is 5.69 Å². The Bertz CT molecular complexity index is 268. The van der Waals surface area contributed by atoms with E-state index in [9.17, 15) is 0 Å². The normalized spacial score (nSPS) is 11.1. The molecule has 13 heavy (non-hydrogen) atoms. The number of benzene rings is 1. The van der Waals surface area contributed by atoms with Crippen molar-refractivity contribution in [2.75, 3.05) is 19.4 Å². The largest absolute Gasteiger partial charge is 0.325 e. The Morgan fingerprint density at radius 2 is 1.92 bits per heavy atom. The van der Waals surface area contributed by atoms with E-state index in [1.54, 1.807) is 14.1 Å². The molecule has 0 heterocycles. The molecule has 0 unspecified atom stereocenters. The van der Waals surface area contributed by atoms with Gasteiger partial charge in [-0.25, -0.2) is 5.43 Å². The molecule has 0 aromatic heterocycles. The zero-order chi connectivity index (χ0) is 9.52. The molecule has 0 saturated carbocycles. The van der Waals surface area contributed by atoms with E-state index < -0.39 is 0 Å². The summed E-state index contributed by atoms with van der Waals surface area (Å²) < 4.78 is 0. The minimum Gasteiger partial charge on any atom is -0.325 e. The number of para-hydroxylation sites is 1. The number of hydrazine groups is 1. The van der Waals surface area contributed by atoms with Crippen molar-refractivity contribution in [3.63, 3.8) is 0 Å². The summed E-state index contributed by atoms with van der Waals surface area (Å²) in [5.74, 6) is 0.689. The van der Waals surface area contributed by atoms with E-state index in [4.69, 9.17) is 0 Å². The van der Waals surface area contributed by atoms with Gasteiger partial charge in [0, 0.05) is 19.8 Å². The van der Waals surface area contributed by atoms with Crippen LogP contribution in [-0.4, -0.2) is 20.1 Å². The Labute approximate surface area is 78.0 Å². The van der Waals surface area contributed by atoms with Gasteiger partial charge in [-0.1, -0.05) is 18.2 Å². The molecule has 1 aromatic rings. The predicted molar refractivity (Wildman–Crippen MR) is 55.6 cm³/mol. The molecule has 4 heteroatoms. The molecule has 1 rings (SSSR count). The summed E-state index contributed by atoms with van der Waals surface area (Å²) in [4.78, 5) is 4.00. The minimum atomic E-state index is 0.689. The van der Waals surface area contributed by atoms with Crippen LogP contribution < -0.4 is 16.2 Å². The second-order valence-electron chi connectivity index (χ2n) is 2.44. The number of hydrogen-bond donors (Lipinski definition) is 3. The predicted octanol–water partition coefficient (Wildman–Crippen LogP) is 0.808. The molecule has 0 atom stereocenters. The maximum Gasteiger partial charge on any atom is 0.210 e. The number of hydrogen-bond acceptors (Lipinski definition) is 2. The molecule has 0 radical (unpaired) electrons. The van der Waals surface area contributed by atoms with Crippen molar-refractivity contribution in [2.24, 2.45) is 4.99 Å². The van der Waals surface area contributed by atoms with Gasteiger partial charge in [0.05, 0.1) is 0 Å². The van der Waals surface area contributed by atoms with Gasteiger partial charge in [0.15, 0.2) is 0 Å². The smallest absolute Gasteiger partial charge is 0.210 e. The standard InChI is InChI=1S/C9H14N4/c1-10-9(13-11-2)12-8-6-4-3-5-7-8/h3-7,11H,1-2H3,(H2,10,12,13). The zero-order valence-electron chi connectivity index (χ0n) is 7.83. The van der Waals surface area contributed by atoms with E-state index in [0.29, 0.717) is 5.96 Å². The number of guanidine groups is 1. The number of nitrogens with one attached hydrogen (secondary N) is 3. The Morgan fingerprint density at radius 3 is 2.46 bits per heavy atom. The molecule has 0 spiro atoms. The first-order valence-electron chi connectivity index (χ1n) is 4.08. The van der Waals surface area contributed by atoms with Gasteiger partial charge in [0.25, 0.3) is 0 Å². The van der Waals surface area contributed by atoms with E-state index in [-0.39, 0.29) is 0 Å². The van der Waals surface area contributed by atoms with Gasteiger partial charge in [0.2, 0.25) is 5.96 Å². The Morgan fingerprint density at radius 1 is 1.23 bits per heavy atom. The highest BCUT2D eigenvalue weighted by atomic mass is 15.4. The highest BCUT2D eigenvalue weighted by molar-refractivity contribution is 5.93. The summed E-state index contributed by atoms with van der Waals surface area (Å²) in [6.07, 6.45) is 0. The summed E-state index contributed by atoms with van der Waals surface area (Å²) >= 11 is 0. The quantitative estimate of drug-likeness (QED) is 0.357. The average molecular weight is 178 g/mol. The lowest BCUT2D eigenvalue weighted by Crippen LogP contribution is -2.39. The maximum atomic E-state index is 4.00. The molecule has 0 bridgehead atoms. The Hall–Kier alpha value is -1.55. The number of anilines is 1. The van der Waals surface area contributed by atoms with Gasteiger partial charge in [-0.05, 0) is 12.1 Å². The van der Waals surface area contributed by atoms with Crippen LogP contribution in [0.1, 0.15) is 0 Å². The minimum absolute atomic E-state index is 0.689. The van der Waals surface area contributed by atoms with Crippen LogP contribution in [0.25, 0.3) is 0 Å². The number of aliphatic imine (C=N–C) groups is 1. The van der Waals surface area contributed by atoms with Gasteiger partial charge in [-0.3, -0.25) is 10.4 Å². The van der Waals surface area contributed by atoms with Crippen LogP contribution in [0.5, 0.6) is 0 Å². The molecule has 0 aliphatic carbocycles. The number of nitrogens with zero attached hydrogens (tertiary/aromatic N) is 1. The maximum absolute atomic E-state index is 4.00. The second kappa shape index (κ2) is 5.16. The molecule has 0 aliphatic heterocycles. The fraction of sp³-hybridized carbons (Fsp3) is 0.222. The molecule has 0 aliphatic rings. The molecule has 0 saturated heterocycles. The average Bonchev–Trinajstić information content (AvgIpc) is 2.19. The van der Waals surface area contributed by atoms with Crippen LogP contribution in [0.15, 0.2) is 35.3 Å². The molecule has 0 amide bonds.